The number of rotatable bonds is 13. The molecular formula is C32H37Cl2N3O6S. The smallest absolute Gasteiger partial charge is 0.264 e. The quantitative estimate of drug-likeness (QED) is 0.238. The molecule has 236 valence electrons. The number of methoxy groups -OCH3 is 2. The van der Waals surface area contributed by atoms with Gasteiger partial charge in [0.15, 0.2) is 11.5 Å². The summed E-state index contributed by atoms with van der Waals surface area (Å²) in [6, 6.07) is 16.7. The molecule has 3 aromatic carbocycles. The van der Waals surface area contributed by atoms with Gasteiger partial charge in [-0.05, 0) is 61.2 Å². The second-order valence-electron chi connectivity index (χ2n) is 10.5. The lowest BCUT2D eigenvalue weighted by Crippen LogP contribution is -2.53. The number of para-hydroxylation sites is 1. The predicted octanol–water partition coefficient (Wildman–Crippen LogP) is 6.07. The third-order valence-electron chi connectivity index (χ3n) is 7.71. The fraction of sp³-hybridized carbons (Fsp3) is 0.375. The van der Waals surface area contributed by atoms with Crippen LogP contribution in [0.25, 0.3) is 0 Å². The second-order valence-corrected chi connectivity index (χ2v) is 13.2. The molecule has 1 aliphatic rings. The SMILES string of the molecule is CC[C@@H](C(=O)NC1CCCC1)N(Cc1ccc(Cl)cc1Cl)C(=O)CN(c1ccccc1)S(=O)(=O)c1ccc(OC)c(OC)c1. The van der Waals surface area contributed by atoms with E-state index in [0.717, 1.165) is 30.0 Å². The van der Waals surface area contributed by atoms with E-state index in [1.54, 1.807) is 48.5 Å². The third-order valence-corrected chi connectivity index (χ3v) is 10.1. The fourth-order valence-corrected chi connectivity index (χ4v) is 7.25. The van der Waals surface area contributed by atoms with Gasteiger partial charge in [0, 0.05) is 28.7 Å². The highest BCUT2D eigenvalue weighted by Crippen LogP contribution is 2.33. The van der Waals surface area contributed by atoms with Gasteiger partial charge in [0.1, 0.15) is 12.6 Å². The summed E-state index contributed by atoms with van der Waals surface area (Å²) in [5, 5.41) is 3.86. The number of anilines is 1. The van der Waals surface area contributed by atoms with Crippen LogP contribution >= 0.6 is 23.2 Å². The summed E-state index contributed by atoms with van der Waals surface area (Å²) in [5.74, 6) is -0.274. The molecule has 0 radical (unpaired) electrons. The summed E-state index contributed by atoms with van der Waals surface area (Å²) >= 11 is 12.6. The molecule has 12 heteroatoms. The highest BCUT2D eigenvalue weighted by Gasteiger charge is 2.35. The Bertz CT molecular complexity index is 1570. The number of carbonyl (C=O) groups is 2. The van der Waals surface area contributed by atoms with Crippen LogP contribution in [0.5, 0.6) is 11.5 Å². The van der Waals surface area contributed by atoms with Gasteiger partial charge in [-0.25, -0.2) is 8.42 Å². The zero-order valence-electron chi connectivity index (χ0n) is 25.0. The van der Waals surface area contributed by atoms with Crippen molar-refractivity contribution < 1.29 is 27.5 Å². The normalized spacial score (nSPS) is 14.1. The largest absolute Gasteiger partial charge is 0.493 e. The molecule has 1 atom stereocenters. The summed E-state index contributed by atoms with van der Waals surface area (Å²) in [4.78, 5) is 29.2. The van der Waals surface area contributed by atoms with Crippen LogP contribution in [0.15, 0.2) is 71.6 Å². The van der Waals surface area contributed by atoms with E-state index in [4.69, 9.17) is 32.7 Å². The number of nitrogens with one attached hydrogen (secondary N) is 1. The van der Waals surface area contributed by atoms with Gasteiger partial charge in [0.25, 0.3) is 10.0 Å². The lowest BCUT2D eigenvalue weighted by atomic mass is 10.1. The average Bonchev–Trinajstić information content (AvgIpc) is 3.53. The van der Waals surface area contributed by atoms with E-state index in [1.807, 2.05) is 6.92 Å². The number of benzene rings is 3. The van der Waals surface area contributed by atoms with E-state index in [9.17, 15) is 18.0 Å². The first-order valence-electron chi connectivity index (χ1n) is 14.4. The van der Waals surface area contributed by atoms with E-state index in [2.05, 4.69) is 5.32 Å². The van der Waals surface area contributed by atoms with Crippen LogP contribution in [0.4, 0.5) is 5.69 Å². The molecule has 1 N–H and O–H groups in total. The van der Waals surface area contributed by atoms with Gasteiger partial charge in [-0.15, -0.1) is 0 Å². The van der Waals surface area contributed by atoms with Crippen LogP contribution in [-0.4, -0.2) is 58.0 Å². The number of hydrogen-bond donors (Lipinski definition) is 1. The Labute approximate surface area is 269 Å². The van der Waals surface area contributed by atoms with E-state index in [0.29, 0.717) is 27.8 Å². The molecule has 0 aromatic heterocycles. The lowest BCUT2D eigenvalue weighted by Gasteiger charge is -2.34. The number of amides is 2. The van der Waals surface area contributed by atoms with Gasteiger partial charge >= 0.3 is 0 Å². The minimum Gasteiger partial charge on any atom is -0.493 e. The molecule has 2 amide bonds. The molecule has 0 unspecified atom stereocenters. The number of sulfonamides is 1. The minimum absolute atomic E-state index is 0.0233. The minimum atomic E-state index is -4.29. The Hall–Kier alpha value is -3.47. The van der Waals surface area contributed by atoms with Gasteiger partial charge in [-0.2, -0.15) is 0 Å². The molecule has 4 rings (SSSR count). The summed E-state index contributed by atoms with van der Waals surface area (Å²) in [6.07, 6.45) is 4.13. The van der Waals surface area contributed by atoms with E-state index >= 15 is 0 Å². The molecule has 1 fully saturated rings. The predicted molar refractivity (Wildman–Crippen MR) is 172 cm³/mol. The first kappa shape index (κ1) is 33.4. The van der Waals surface area contributed by atoms with E-state index < -0.39 is 28.5 Å². The first-order valence-corrected chi connectivity index (χ1v) is 16.6. The lowest BCUT2D eigenvalue weighted by molar-refractivity contribution is -0.140. The zero-order chi connectivity index (χ0) is 31.9. The van der Waals surface area contributed by atoms with Crippen molar-refractivity contribution in [2.75, 3.05) is 25.1 Å². The number of ether oxygens (including phenoxy) is 2. The Balaban J connectivity index is 1.74. The molecule has 0 saturated heterocycles. The van der Waals surface area contributed by atoms with Crippen molar-refractivity contribution in [1.82, 2.24) is 10.2 Å². The number of halogens is 2. The van der Waals surface area contributed by atoms with Gasteiger partial charge in [-0.3, -0.25) is 13.9 Å². The molecular weight excluding hydrogens is 625 g/mol. The highest BCUT2D eigenvalue weighted by molar-refractivity contribution is 7.92. The molecule has 3 aromatic rings. The zero-order valence-corrected chi connectivity index (χ0v) is 27.3. The number of nitrogens with zero attached hydrogens (tertiary/aromatic N) is 2. The molecule has 44 heavy (non-hydrogen) atoms. The maximum Gasteiger partial charge on any atom is 0.264 e. The summed E-state index contributed by atoms with van der Waals surface area (Å²) in [6.45, 7) is 1.22. The molecule has 0 bridgehead atoms. The summed E-state index contributed by atoms with van der Waals surface area (Å²) in [5.41, 5.74) is 0.856. The van der Waals surface area contributed by atoms with Crippen LogP contribution < -0.4 is 19.1 Å². The van der Waals surface area contributed by atoms with E-state index in [-0.39, 0.29) is 34.8 Å². The Morgan fingerprint density at radius 3 is 2.25 bits per heavy atom. The van der Waals surface area contributed by atoms with Crippen LogP contribution in [-0.2, 0) is 26.2 Å². The molecule has 1 aliphatic carbocycles. The Morgan fingerprint density at radius 2 is 1.64 bits per heavy atom. The molecule has 0 spiro atoms. The Kier molecular flexibility index (Phi) is 11.4. The summed E-state index contributed by atoms with van der Waals surface area (Å²) < 4.78 is 40.0. The summed E-state index contributed by atoms with van der Waals surface area (Å²) in [7, 11) is -1.43. The maximum atomic E-state index is 14.3. The van der Waals surface area contributed by atoms with Crippen molar-refractivity contribution in [1.29, 1.82) is 0 Å². The number of carbonyl (C=O) groups excluding carboxylic acids is 2. The maximum absolute atomic E-state index is 14.3. The van der Waals surface area contributed by atoms with Crippen molar-refractivity contribution in [2.24, 2.45) is 0 Å². The molecule has 0 heterocycles. The fourth-order valence-electron chi connectivity index (χ4n) is 5.35. The van der Waals surface area contributed by atoms with Crippen molar-refractivity contribution in [3.8, 4) is 11.5 Å². The van der Waals surface area contributed by atoms with Crippen LogP contribution in [0.2, 0.25) is 10.0 Å². The highest BCUT2D eigenvalue weighted by atomic mass is 35.5. The molecule has 9 nitrogen and oxygen atoms in total. The van der Waals surface area contributed by atoms with Gasteiger partial charge < -0.3 is 19.7 Å². The second kappa shape index (κ2) is 15.0. The van der Waals surface area contributed by atoms with Crippen molar-refractivity contribution in [3.05, 3.63) is 82.3 Å². The third kappa shape index (κ3) is 7.78. The molecule has 0 aliphatic heterocycles. The topological polar surface area (TPSA) is 105 Å². The van der Waals surface area contributed by atoms with Crippen LogP contribution in [0, 0.1) is 0 Å². The van der Waals surface area contributed by atoms with Gasteiger partial charge in [0.05, 0.1) is 24.8 Å². The monoisotopic (exact) mass is 661 g/mol. The van der Waals surface area contributed by atoms with Crippen molar-refractivity contribution >= 4 is 50.7 Å². The Morgan fingerprint density at radius 1 is 0.955 bits per heavy atom. The number of hydrogen-bond acceptors (Lipinski definition) is 6. The van der Waals surface area contributed by atoms with Crippen LogP contribution in [0.3, 0.4) is 0 Å². The first-order chi connectivity index (χ1) is 21.1. The van der Waals surface area contributed by atoms with Gasteiger partial charge in [-0.1, -0.05) is 67.2 Å². The average molecular weight is 663 g/mol. The van der Waals surface area contributed by atoms with Gasteiger partial charge in [0.2, 0.25) is 11.8 Å². The van der Waals surface area contributed by atoms with Crippen molar-refractivity contribution in [3.63, 3.8) is 0 Å². The van der Waals surface area contributed by atoms with Crippen molar-refractivity contribution in [2.45, 2.75) is 62.6 Å². The standard InChI is InChI=1S/C32H37Cl2N3O6S/c1-4-28(32(39)35-24-10-8-9-11-24)36(20-22-14-15-23(33)18-27(22)34)31(38)21-37(25-12-6-5-7-13-25)44(40,41)26-16-17-29(42-2)30(19-26)43-3/h5-7,12-19,24,28H,4,8-11,20-21H2,1-3H3,(H,35,39)/t28-/m0/s1. The van der Waals surface area contributed by atoms with Crippen LogP contribution in [0.1, 0.15) is 44.6 Å². The van der Waals surface area contributed by atoms with E-state index in [1.165, 1.54) is 37.3 Å². The molecule has 1 saturated carbocycles.